The highest BCUT2D eigenvalue weighted by molar-refractivity contribution is 6.24. The Kier molecular flexibility index (Phi) is 5.04. The molecule has 8 heteroatoms. The van der Waals surface area contributed by atoms with Crippen molar-refractivity contribution in [2.45, 2.75) is 13.0 Å². The van der Waals surface area contributed by atoms with Gasteiger partial charge >= 0.3 is 5.97 Å². The van der Waals surface area contributed by atoms with E-state index in [2.05, 4.69) is 4.74 Å². The number of carbonyl (C=O) groups excluding carboxylic acids is 4. The van der Waals surface area contributed by atoms with Gasteiger partial charge in [0, 0.05) is 0 Å². The van der Waals surface area contributed by atoms with E-state index in [4.69, 9.17) is 0 Å². The number of fused-ring (bicyclic) bond motifs is 1. The van der Waals surface area contributed by atoms with Crippen LogP contribution < -0.4 is 5.11 Å². The van der Waals surface area contributed by atoms with Crippen molar-refractivity contribution in [3.05, 3.63) is 35.4 Å². The third-order valence-corrected chi connectivity index (χ3v) is 2.82. The molecular weight excluding hydrogens is 302 g/mol. The fourth-order valence-electron chi connectivity index (χ4n) is 1.97. The smallest absolute Gasteiger partial charge is 0.335 e. The van der Waals surface area contributed by atoms with Gasteiger partial charge in [-0.3, -0.25) is 14.5 Å². The Bertz CT molecular complexity index is 579. The van der Waals surface area contributed by atoms with Crippen LogP contribution in [0.15, 0.2) is 24.3 Å². The van der Waals surface area contributed by atoms with Gasteiger partial charge in [0.2, 0.25) is 0 Å². The molecule has 1 aliphatic heterocycles. The summed E-state index contributed by atoms with van der Waals surface area (Å²) in [6.07, 6.45) is 0. The average molecular weight is 313 g/mol. The molecule has 0 bridgehead atoms. The number of imide groups is 1. The number of carbonyl (C=O) groups is 4. The minimum Gasteiger partial charge on any atom is -0.547 e. The molecular formula is C13H11ClNO6-. The maximum absolute atomic E-state index is 12.1. The number of aliphatic carboxylic acids is 1. The highest BCUT2D eigenvalue weighted by Crippen LogP contribution is 2.24. The van der Waals surface area contributed by atoms with Gasteiger partial charge in [0.05, 0.1) is 23.7 Å². The first-order valence-corrected chi connectivity index (χ1v) is 5.83. The zero-order valence-electron chi connectivity index (χ0n) is 10.9. The molecule has 21 heavy (non-hydrogen) atoms. The van der Waals surface area contributed by atoms with E-state index in [1.807, 2.05) is 0 Å². The Hall–Kier alpha value is -2.41. The number of ether oxygens (including phenoxy) is 1. The predicted octanol–water partition coefficient (Wildman–Crippen LogP) is -0.614. The van der Waals surface area contributed by atoms with E-state index in [0.29, 0.717) is 4.90 Å². The van der Waals surface area contributed by atoms with Crippen LogP contribution in [-0.2, 0) is 14.3 Å². The van der Waals surface area contributed by atoms with Crippen molar-refractivity contribution in [1.29, 1.82) is 0 Å². The zero-order chi connectivity index (χ0) is 14.9. The van der Waals surface area contributed by atoms with Crippen LogP contribution in [0.5, 0.6) is 0 Å². The van der Waals surface area contributed by atoms with Crippen molar-refractivity contribution in [3.63, 3.8) is 0 Å². The van der Waals surface area contributed by atoms with E-state index >= 15 is 0 Å². The number of halogens is 1. The molecule has 0 saturated heterocycles. The van der Waals surface area contributed by atoms with Crippen LogP contribution in [0.3, 0.4) is 0 Å². The largest absolute Gasteiger partial charge is 0.547 e. The minimum absolute atomic E-state index is 0. The second-order valence-corrected chi connectivity index (χ2v) is 4.00. The molecule has 0 radical (unpaired) electrons. The van der Waals surface area contributed by atoms with Crippen LogP contribution >= 0.6 is 12.4 Å². The van der Waals surface area contributed by atoms with Crippen molar-refractivity contribution in [2.75, 3.05) is 6.61 Å². The second kappa shape index (κ2) is 6.36. The molecule has 0 aromatic heterocycles. The first-order valence-electron chi connectivity index (χ1n) is 5.83. The molecule has 7 nitrogen and oxygen atoms in total. The van der Waals surface area contributed by atoms with E-state index in [1.54, 1.807) is 0 Å². The summed E-state index contributed by atoms with van der Waals surface area (Å²) in [4.78, 5) is 47.2. The van der Waals surface area contributed by atoms with Gasteiger partial charge in [0.1, 0.15) is 0 Å². The molecule has 0 spiro atoms. The molecule has 1 unspecified atom stereocenters. The highest BCUT2D eigenvalue weighted by Gasteiger charge is 2.44. The van der Waals surface area contributed by atoms with Crippen LogP contribution in [0.1, 0.15) is 27.6 Å². The Morgan fingerprint density at radius 1 is 1.19 bits per heavy atom. The Labute approximate surface area is 125 Å². The normalized spacial score (nSPS) is 14.2. The summed E-state index contributed by atoms with van der Waals surface area (Å²) < 4.78 is 4.57. The molecule has 0 saturated carbocycles. The summed E-state index contributed by atoms with van der Waals surface area (Å²) in [5.41, 5.74) is 0.0982. The molecule has 1 aromatic rings. The lowest BCUT2D eigenvalue weighted by molar-refractivity contribution is -0.309. The number of hydrogen-bond donors (Lipinski definition) is 0. The highest BCUT2D eigenvalue weighted by atomic mass is 35.5. The number of amides is 2. The van der Waals surface area contributed by atoms with Gasteiger partial charge in [-0.05, 0) is 19.1 Å². The van der Waals surface area contributed by atoms with Crippen LogP contribution in [-0.4, -0.2) is 41.3 Å². The minimum atomic E-state index is -2.08. The average Bonchev–Trinajstić information content (AvgIpc) is 2.65. The fraction of sp³-hybridized carbons (Fsp3) is 0.231. The summed E-state index contributed by atoms with van der Waals surface area (Å²) >= 11 is 0. The Morgan fingerprint density at radius 3 is 2.05 bits per heavy atom. The summed E-state index contributed by atoms with van der Waals surface area (Å²) in [7, 11) is 0. The standard InChI is InChI=1S/C13H11NO6.ClH/c1-2-20-13(19)9(12(17)18)14-10(15)7-5-3-4-6-8(7)11(14)16;/h3-6,9H,2H2,1H3,(H,17,18);1H/p-1. The van der Waals surface area contributed by atoms with E-state index in [-0.39, 0.29) is 30.1 Å². The van der Waals surface area contributed by atoms with E-state index < -0.39 is 29.8 Å². The van der Waals surface area contributed by atoms with Crippen molar-refractivity contribution < 1.29 is 29.0 Å². The fourth-order valence-corrected chi connectivity index (χ4v) is 1.97. The van der Waals surface area contributed by atoms with Gasteiger partial charge in [0.15, 0.2) is 6.04 Å². The molecule has 112 valence electrons. The molecule has 1 atom stereocenters. The van der Waals surface area contributed by atoms with Crippen molar-refractivity contribution >= 4 is 36.2 Å². The molecule has 2 amide bonds. The zero-order valence-corrected chi connectivity index (χ0v) is 11.7. The van der Waals surface area contributed by atoms with E-state index in [0.717, 1.165) is 0 Å². The molecule has 1 heterocycles. The lowest BCUT2D eigenvalue weighted by Gasteiger charge is -2.24. The SMILES string of the molecule is CCOC(=O)C(C(=O)[O-])N1C(=O)c2ccccc2C1=O.Cl. The molecule has 0 fully saturated rings. The number of hydrogen-bond acceptors (Lipinski definition) is 6. The molecule has 2 rings (SSSR count). The summed E-state index contributed by atoms with van der Waals surface area (Å²) in [5, 5.41) is 11.1. The maximum Gasteiger partial charge on any atom is 0.335 e. The maximum atomic E-state index is 12.1. The summed E-state index contributed by atoms with van der Waals surface area (Å²) in [6, 6.07) is 3.75. The molecule has 0 aliphatic carbocycles. The van der Waals surface area contributed by atoms with Crippen LogP contribution in [0.4, 0.5) is 0 Å². The number of benzene rings is 1. The van der Waals surface area contributed by atoms with E-state index in [9.17, 15) is 24.3 Å². The third kappa shape index (κ3) is 2.73. The monoisotopic (exact) mass is 312 g/mol. The summed E-state index contributed by atoms with van der Waals surface area (Å²) in [6.45, 7) is 1.40. The Balaban J connectivity index is 0.00000220. The number of rotatable bonds is 4. The number of carboxylic acids is 1. The van der Waals surface area contributed by atoms with Gasteiger partial charge in [-0.1, -0.05) is 12.1 Å². The second-order valence-electron chi connectivity index (χ2n) is 4.00. The van der Waals surface area contributed by atoms with Crippen LogP contribution in [0.2, 0.25) is 0 Å². The molecule has 1 aliphatic rings. The van der Waals surface area contributed by atoms with E-state index in [1.165, 1.54) is 31.2 Å². The first-order chi connectivity index (χ1) is 9.49. The summed E-state index contributed by atoms with van der Waals surface area (Å²) in [5.74, 6) is -4.78. The van der Waals surface area contributed by atoms with Crippen LogP contribution in [0, 0.1) is 0 Å². The Morgan fingerprint density at radius 2 is 1.67 bits per heavy atom. The lowest BCUT2D eigenvalue weighted by Crippen LogP contribution is -2.55. The molecule has 1 aromatic carbocycles. The molecule has 0 N–H and O–H groups in total. The predicted molar refractivity (Wildman–Crippen MR) is 69.6 cm³/mol. The first kappa shape index (κ1) is 16.6. The number of esters is 1. The van der Waals surface area contributed by atoms with Gasteiger partial charge in [-0.15, -0.1) is 12.4 Å². The topological polar surface area (TPSA) is 104 Å². The third-order valence-electron chi connectivity index (χ3n) is 2.82. The quantitative estimate of drug-likeness (QED) is 0.417. The van der Waals surface area contributed by atoms with Crippen molar-refractivity contribution in [2.24, 2.45) is 0 Å². The van der Waals surface area contributed by atoms with Gasteiger partial charge in [-0.2, -0.15) is 0 Å². The van der Waals surface area contributed by atoms with Gasteiger partial charge < -0.3 is 14.6 Å². The van der Waals surface area contributed by atoms with Gasteiger partial charge in [0.25, 0.3) is 11.8 Å². The van der Waals surface area contributed by atoms with Crippen molar-refractivity contribution in [1.82, 2.24) is 4.90 Å². The van der Waals surface area contributed by atoms with Crippen molar-refractivity contribution in [3.8, 4) is 0 Å². The number of nitrogens with zero attached hydrogens (tertiary/aromatic N) is 1. The van der Waals surface area contributed by atoms with Gasteiger partial charge in [-0.25, -0.2) is 4.79 Å². The number of carboxylic acid groups (broad SMARTS) is 1. The lowest BCUT2D eigenvalue weighted by atomic mass is 10.1. The van der Waals surface area contributed by atoms with Crippen LogP contribution in [0.25, 0.3) is 0 Å².